The van der Waals surface area contributed by atoms with Crippen molar-refractivity contribution >= 4 is 0 Å². The lowest BCUT2D eigenvalue weighted by atomic mass is 10.2. The molecule has 0 radical (unpaired) electrons. The van der Waals surface area contributed by atoms with Crippen LogP contribution in [0.1, 0.15) is 25.6 Å². The summed E-state index contributed by atoms with van der Waals surface area (Å²) in [6, 6.07) is 1.36. The molecule has 0 atom stereocenters. The van der Waals surface area contributed by atoms with Gasteiger partial charge in [-0.3, -0.25) is 4.79 Å². The molecule has 2 N–H and O–H groups in total. The second-order valence-corrected chi connectivity index (χ2v) is 3.58. The van der Waals surface area contributed by atoms with Gasteiger partial charge in [-0.15, -0.1) is 0 Å². The molecule has 0 fully saturated rings. The minimum Gasteiger partial charge on any atom is -0.476 e. The van der Waals surface area contributed by atoms with Crippen molar-refractivity contribution in [1.29, 1.82) is 0 Å². The van der Waals surface area contributed by atoms with Gasteiger partial charge in [-0.2, -0.15) is 4.98 Å². The van der Waals surface area contributed by atoms with Crippen LogP contribution in [-0.4, -0.2) is 30.2 Å². The van der Waals surface area contributed by atoms with Gasteiger partial charge < -0.3 is 15.0 Å². The summed E-state index contributed by atoms with van der Waals surface area (Å²) in [4.78, 5) is 18.1. The van der Waals surface area contributed by atoms with Crippen LogP contribution in [0.5, 0.6) is 5.88 Å². The average Bonchev–Trinajstić information content (AvgIpc) is 2.17. The zero-order valence-corrected chi connectivity index (χ0v) is 9.33. The predicted octanol–water partition coefficient (Wildman–Crippen LogP) is 0.491. The van der Waals surface area contributed by atoms with Crippen LogP contribution in [0.4, 0.5) is 0 Å². The minimum atomic E-state index is -0.173. The van der Waals surface area contributed by atoms with Crippen LogP contribution in [0.2, 0.25) is 0 Å². The lowest BCUT2D eigenvalue weighted by Crippen LogP contribution is -2.18. The molecule has 5 nitrogen and oxygen atoms in total. The maximum Gasteiger partial charge on any atom is 0.254 e. The summed E-state index contributed by atoms with van der Waals surface area (Å²) in [5.74, 6) is 1.23. The molecule has 84 valence electrons. The highest BCUT2D eigenvalue weighted by Crippen LogP contribution is 2.10. The molecule has 15 heavy (non-hydrogen) atoms. The van der Waals surface area contributed by atoms with E-state index in [1.165, 1.54) is 6.07 Å². The van der Waals surface area contributed by atoms with Crippen molar-refractivity contribution in [3.8, 4) is 5.88 Å². The van der Waals surface area contributed by atoms with Crippen molar-refractivity contribution in [2.24, 2.45) is 0 Å². The van der Waals surface area contributed by atoms with Crippen molar-refractivity contribution in [2.45, 2.75) is 19.8 Å². The summed E-state index contributed by atoms with van der Waals surface area (Å²) >= 11 is 0. The Morgan fingerprint density at radius 1 is 1.60 bits per heavy atom. The third kappa shape index (κ3) is 3.71. The van der Waals surface area contributed by atoms with E-state index in [-0.39, 0.29) is 11.5 Å². The molecule has 0 spiro atoms. The fourth-order valence-corrected chi connectivity index (χ4v) is 1.06. The second kappa shape index (κ2) is 5.50. The molecular weight excluding hydrogens is 194 g/mol. The monoisotopic (exact) mass is 211 g/mol. The minimum absolute atomic E-state index is 0.173. The number of H-pyrrole nitrogens is 1. The van der Waals surface area contributed by atoms with E-state index in [0.29, 0.717) is 18.3 Å². The van der Waals surface area contributed by atoms with Crippen LogP contribution in [-0.2, 0) is 0 Å². The molecule has 0 aliphatic rings. The van der Waals surface area contributed by atoms with Gasteiger partial charge in [0.1, 0.15) is 12.4 Å². The van der Waals surface area contributed by atoms with Crippen molar-refractivity contribution in [3.63, 3.8) is 0 Å². The molecule has 5 heteroatoms. The molecule has 0 amide bonds. The molecule has 0 aromatic carbocycles. The molecule has 0 saturated heterocycles. The fraction of sp³-hybridized carbons (Fsp3) is 0.600. The number of hydrogen-bond donors (Lipinski definition) is 2. The molecule has 0 unspecified atom stereocenters. The first-order chi connectivity index (χ1) is 7.13. The summed E-state index contributed by atoms with van der Waals surface area (Å²) in [5.41, 5.74) is -0.173. The van der Waals surface area contributed by atoms with Gasteiger partial charge in [-0.1, -0.05) is 13.8 Å². The highest BCUT2D eigenvalue weighted by molar-refractivity contribution is 5.10. The summed E-state index contributed by atoms with van der Waals surface area (Å²) in [7, 11) is 1.84. The first kappa shape index (κ1) is 11.7. The number of ether oxygens (including phenoxy) is 1. The Kier molecular flexibility index (Phi) is 4.30. The van der Waals surface area contributed by atoms with Crippen molar-refractivity contribution in [2.75, 3.05) is 20.2 Å². The quantitative estimate of drug-likeness (QED) is 0.696. The topological polar surface area (TPSA) is 67.0 Å². The van der Waals surface area contributed by atoms with Crippen LogP contribution in [0.3, 0.4) is 0 Å². The maximum absolute atomic E-state index is 11.3. The van der Waals surface area contributed by atoms with E-state index >= 15 is 0 Å². The summed E-state index contributed by atoms with van der Waals surface area (Å²) in [5, 5.41) is 2.95. The summed E-state index contributed by atoms with van der Waals surface area (Å²) in [6.45, 7) is 5.17. The summed E-state index contributed by atoms with van der Waals surface area (Å²) in [6.07, 6.45) is 0. The highest BCUT2D eigenvalue weighted by atomic mass is 16.5. The molecule has 0 saturated carbocycles. The molecule has 0 aliphatic heterocycles. The molecular formula is C10H17N3O2. The smallest absolute Gasteiger partial charge is 0.254 e. The second-order valence-electron chi connectivity index (χ2n) is 3.58. The Morgan fingerprint density at radius 3 is 2.93 bits per heavy atom. The van der Waals surface area contributed by atoms with Gasteiger partial charge in [0.25, 0.3) is 5.56 Å². The van der Waals surface area contributed by atoms with Crippen LogP contribution >= 0.6 is 0 Å². The van der Waals surface area contributed by atoms with E-state index in [4.69, 9.17) is 4.74 Å². The number of hydrogen-bond acceptors (Lipinski definition) is 4. The lowest BCUT2D eigenvalue weighted by Gasteiger charge is -2.07. The number of nitrogens with zero attached hydrogens (tertiary/aromatic N) is 1. The van der Waals surface area contributed by atoms with Gasteiger partial charge >= 0.3 is 0 Å². The highest BCUT2D eigenvalue weighted by Gasteiger charge is 2.05. The Hall–Kier alpha value is -1.36. The molecule has 1 aromatic rings. The van der Waals surface area contributed by atoms with Crippen LogP contribution in [0.25, 0.3) is 0 Å². The van der Waals surface area contributed by atoms with Crippen LogP contribution in [0.15, 0.2) is 10.9 Å². The molecule has 1 aromatic heterocycles. The first-order valence-electron chi connectivity index (χ1n) is 5.02. The van der Waals surface area contributed by atoms with Crippen molar-refractivity contribution in [1.82, 2.24) is 15.3 Å². The van der Waals surface area contributed by atoms with E-state index in [9.17, 15) is 4.79 Å². The Morgan fingerprint density at radius 2 is 2.33 bits per heavy atom. The molecule has 0 aliphatic carbocycles. The van der Waals surface area contributed by atoms with Crippen molar-refractivity contribution in [3.05, 3.63) is 22.2 Å². The molecule has 0 bridgehead atoms. The Bertz CT molecular complexity index is 360. The van der Waals surface area contributed by atoms with Crippen molar-refractivity contribution < 1.29 is 4.74 Å². The lowest BCUT2D eigenvalue weighted by molar-refractivity contribution is 0.304. The number of nitrogens with one attached hydrogen (secondary N) is 2. The van der Waals surface area contributed by atoms with Gasteiger partial charge in [-0.25, -0.2) is 0 Å². The van der Waals surface area contributed by atoms with E-state index in [0.717, 1.165) is 6.54 Å². The van der Waals surface area contributed by atoms with E-state index in [2.05, 4.69) is 15.3 Å². The largest absolute Gasteiger partial charge is 0.476 e. The third-order valence-corrected chi connectivity index (χ3v) is 1.89. The normalized spacial score (nSPS) is 10.7. The zero-order chi connectivity index (χ0) is 11.3. The van der Waals surface area contributed by atoms with E-state index in [1.54, 1.807) is 0 Å². The SMILES string of the molecule is CNCCOc1cc(=O)[nH]c(C(C)C)n1. The standard InChI is InChI=1S/C10H17N3O2/c1-7(2)10-12-8(14)6-9(13-10)15-5-4-11-3/h6-7,11H,4-5H2,1-3H3,(H,12,13,14). The van der Waals surface area contributed by atoms with Gasteiger partial charge in [0.05, 0.1) is 6.07 Å². The van der Waals surface area contributed by atoms with Crippen LogP contribution < -0.4 is 15.6 Å². The average molecular weight is 211 g/mol. The first-order valence-corrected chi connectivity index (χ1v) is 5.02. The molecule has 1 rings (SSSR count). The van der Waals surface area contributed by atoms with Gasteiger partial charge in [0, 0.05) is 12.5 Å². The van der Waals surface area contributed by atoms with Gasteiger partial charge in [-0.05, 0) is 7.05 Å². The predicted molar refractivity (Wildman–Crippen MR) is 58.4 cm³/mol. The van der Waals surface area contributed by atoms with Crippen LogP contribution in [0, 0.1) is 0 Å². The van der Waals surface area contributed by atoms with Gasteiger partial charge in [0.2, 0.25) is 5.88 Å². The van der Waals surface area contributed by atoms with Gasteiger partial charge in [0.15, 0.2) is 0 Å². The number of rotatable bonds is 5. The number of likely N-dealkylation sites (N-methyl/N-ethyl adjacent to an activating group) is 1. The third-order valence-electron chi connectivity index (χ3n) is 1.89. The maximum atomic E-state index is 11.3. The molecule has 1 heterocycles. The zero-order valence-electron chi connectivity index (χ0n) is 9.33. The fourth-order valence-electron chi connectivity index (χ4n) is 1.06. The number of aromatic amines is 1. The summed E-state index contributed by atoms with van der Waals surface area (Å²) < 4.78 is 5.32. The van der Waals surface area contributed by atoms with E-state index in [1.807, 2.05) is 20.9 Å². The number of aromatic nitrogens is 2. The van der Waals surface area contributed by atoms with E-state index < -0.39 is 0 Å². The Balaban J connectivity index is 2.75. The Labute approximate surface area is 88.9 Å².